The number of hydrogen-bond donors (Lipinski definition) is 1. The van der Waals surface area contributed by atoms with E-state index in [9.17, 15) is 13.2 Å². The van der Waals surface area contributed by atoms with Crippen molar-refractivity contribution >= 4 is 21.6 Å². The number of piperazine rings is 1. The molecule has 6 nitrogen and oxygen atoms in total. The molecule has 2 aliphatic rings. The van der Waals surface area contributed by atoms with Crippen LogP contribution < -0.4 is 9.21 Å². The smallest absolute Gasteiger partial charge is 0.254 e. The number of carbonyl (C=O) groups excluding carboxylic acids is 1. The molecule has 0 radical (unpaired) electrons. The van der Waals surface area contributed by atoms with Crippen LogP contribution in [-0.2, 0) is 10.0 Å². The third-order valence-electron chi connectivity index (χ3n) is 5.32. The number of hydrogen-bond acceptors (Lipinski definition) is 3. The van der Waals surface area contributed by atoms with Crippen LogP contribution in [0.3, 0.4) is 0 Å². The first-order valence-electron chi connectivity index (χ1n) is 9.16. The van der Waals surface area contributed by atoms with Crippen LogP contribution >= 0.6 is 0 Å². The van der Waals surface area contributed by atoms with Crippen LogP contribution in [0.15, 0.2) is 18.2 Å². The summed E-state index contributed by atoms with van der Waals surface area (Å²) in [6, 6.07) is 5.40. The van der Waals surface area contributed by atoms with E-state index in [2.05, 4.69) is 6.92 Å². The van der Waals surface area contributed by atoms with Crippen LogP contribution in [0.2, 0.25) is 0 Å². The summed E-state index contributed by atoms with van der Waals surface area (Å²) in [4.78, 5) is 16.2. The zero-order valence-electron chi connectivity index (χ0n) is 15.1. The molecule has 2 fully saturated rings. The monoisotopic (exact) mass is 366 g/mol. The number of anilines is 1. The highest BCUT2D eigenvalue weighted by Gasteiger charge is 2.28. The van der Waals surface area contributed by atoms with Crippen LogP contribution in [-0.4, -0.2) is 64.2 Å². The van der Waals surface area contributed by atoms with Crippen molar-refractivity contribution in [3.8, 4) is 0 Å². The van der Waals surface area contributed by atoms with Crippen molar-refractivity contribution in [3.05, 3.63) is 29.3 Å². The maximum absolute atomic E-state index is 12.7. The van der Waals surface area contributed by atoms with E-state index in [1.54, 1.807) is 12.1 Å². The van der Waals surface area contributed by atoms with E-state index in [0.717, 1.165) is 51.1 Å². The number of carbonyl (C=O) groups is 1. The lowest BCUT2D eigenvalue weighted by molar-refractivity contribution is -0.902. The average Bonchev–Trinajstić information content (AvgIpc) is 2.61. The fourth-order valence-corrected chi connectivity index (χ4v) is 5.39. The Hall–Kier alpha value is -1.60. The number of likely N-dealkylation sites (N-methyl/N-ethyl adjacent to an activating group) is 1. The molecule has 3 rings (SSSR count). The predicted molar refractivity (Wildman–Crippen MR) is 98.7 cm³/mol. The van der Waals surface area contributed by atoms with E-state index in [-0.39, 0.29) is 11.7 Å². The van der Waals surface area contributed by atoms with Crippen molar-refractivity contribution in [3.63, 3.8) is 0 Å². The van der Waals surface area contributed by atoms with Crippen molar-refractivity contribution in [1.82, 2.24) is 4.90 Å². The second kappa shape index (κ2) is 7.33. The molecule has 2 heterocycles. The molecule has 1 aromatic rings. The molecule has 1 amide bonds. The summed E-state index contributed by atoms with van der Waals surface area (Å²) in [5.41, 5.74) is 2.20. The first kappa shape index (κ1) is 18.2. The number of aryl methyl sites for hydroxylation is 1. The highest BCUT2D eigenvalue weighted by molar-refractivity contribution is 7.92. The summed E-state index contributed by atoms with van der Waals surface area (Å²) in [6.07, 6.45) is 1.60. The van der Waals surface area contributed by atoms with Crippen LogP contribution in [0, 0.1) is 6.92 Å². The number of benzene rings is 1. The van der Waals surface area contributed by atoms with Gasteiger partial charge in [-0.1, -0.05) is 0 Å². The number of rotatable bonds is 3. The molecule has 0 atom stereocenters. The fraction of sp³-hybridized carbons (Fsp3) is 0.611. The van der Waals surface area contributed by atoms with Crippen molar-refractivity contribution in [2.75, 3.05) is 49.3 Å². The van der Waals surface area contributed by atoms with E-state index < -0.39 is 10.0 Å². The molecule has 1 aromatic carbocycles. The minimum absolute atomic E-state index is 0.0475. The minimum Gasteiger partial charge on any atom is -0.332 e. The maximum atomic E-state index is 12.7. The lowest BCUT2D eigenvalue weighted by atomic mass is 10.1. The summed E-state index contributed by atoms with van der Waals surface area (Å²) in [5, 5.41) is 0. The Balaban J connectivity index is 1.77. The standard InChI is InChI=1S/C18H27N3O3S/c1-3-19-9-11-20(12-10-19)18(22)16-6-7-17(15(2)14-16)21-8-4-5-13-25(21,23)24/h6-7,14H,3-5,8-13H2,1-2H3/p+1. The summed E-state index contributed by atoms with van der Waals surface area (Å²) >= 11 is 0. The first-order valence-corrected chi connectivity index (χ1v) is 10.8. The van der Waals surface area contributed by atoms with Gasteiger partial charge in [0.15, 0.2) is 0 Å². The van der Waals surface area contributed by atoms with Gasteiger partial charge in [0, 0.05) is 12.1 Å². The first-order chi connectivity index (χ1) is 11.9. The molecule has 2 saturated heterocycles. The van der Waals surface area contributed by atoms with Gasteiger partial charge >= 0.3 is 0 Å². The third kappa shape index (κ3) is 3.82. The van der Waals surface area contributed by atoms with Gasteiger partial charge in [0.1, 0.15) is 0 Å². The SMILES string of the molecule is CC[NH+]1CCN(C(=O)c2ccc(N3CCCCS3(=O)=O)c(C)c2)CC1. The van der Waals surface area contributed by atoms with E-state index in [1.165, 1.54) is 9.21 Å². The minimum atomic E-state index is -3.23. The molecule has 0 spiro atoms. The van der Waals surface area contributed by atoms with Crippen LogP contribution in [0.5, 0.6) is 0 Å². The van der Waals surface area contributed by atoms with Crippen LogP contribution in [0.1, 0.15) is 35.7 Å². The molecule has 0 aliphatic carbocycles. The average molecular weight is 367 g/mol. The van der Waals surface area contributed by atoms with E-state index in [4.69, 9.17) is 0 Å². The highest BCUT2D eigenvalue weighted by Crippen LogP contribution is 2.27. The molecule has 7 heteroatoms. The van der Waals surface area contributed by atoms with Crippen molar-refractivity contribution < 1.29 is 18.1 Å². The lowest BCUT2D eigenvalue weighted by Gasteiger charge is -2.32. The Morgan fingerprint density at radius 2 is 1.88 bits per heavy atom. The molecule has 0 saturated carbocycles. The van der Waals surface area contributed by atoms with E-state index in [1.807, 2.05) is 17.9 Å². The van der Waals surface area contributed by atoms with Gasteiger partial charge in [0.2, 0.25) is 10.0 Å². The Morgan fingerprint density at radius 3 is 2.48 bits per heavy atom. The normalized spacial score (nSPS) is 21.4. The van der Waals surface area contributed by atoms with Crippen molar-refractivity contribution in [1.29, 1.82) is 0 Å². The van der Waals surface area contributed by atoms with Gasteiger partial charge < -0.3 is 9.80 Å². The number of amides is 1. The largest absolute Gasteiger partial charge is 0.332 e. The molecule has 0 aromatic heterocycles. The van der Waals surface area contributed by atoms with Gasteiger partial charge in [0.25, 0.3) is 5.91 Å². The van der Waals surface area contributed by atoms with E-state index in [0.29, 0.717) is 17.8 Å². The summed E-state index contributed by atoms with van der Waals surface area (Å²) in [7, 11) is -3.23. The van der Waals surface area contributed by atoms with Crippen LogP contribution in [0.25, 0.3) is 0 Å². The summed E-state index contributed by atoms with van der Waals surface area (Å²) in [6.45, 7) is 9.22. The fourth-order valence-electron chi connectivity index (χ4n) is 3.69. The summed E-state index contributed by atoms with van der Waals surface area (Å²) < 4.78 is 26.1. The molecular formula is C18H28N3O3S+. The number of nitrogens with one attached hydrogen (secondary N) is 1. The van der Waals surface area contributed by atoms with Gasteiger partial charge in [-0.15, -0.1) is 0 Å². The van der Waals surface area contributed by atoms with Gasteiger partial charge in [-0.25, -0.2) is 8.42 Å². The Labute approximate surface area is 150 Å². The Morgan fingerprint density at radius 1 is 1.16 bits per heavy atom. The zero-order chi connectivity index (χ0) is 18.0. The second-order valence-corrected chi connectivity index (χ2v) is 9.01. The highest BCUT2D eigenvalue weighted by atomic mass is 32.2. The Kier molecular flexibility index (Phi) is 5.34. The number of nitrogens with zero attached hydrogens (tertiary/aromatic N) is 2. The topological polar surface area (TPSA) is 62.1 Å². The molecule has 25 heavy (non-hydrogen) atoms. The van der Waals surface area contributed by atoms with Gasteiger partial charge in [-0.2, -0.15) is 0 Å². The lowest BCUT2D eigenvalue weighted by Crippen LogP contribution is -3.14. The quantitative estimate of drug-likeness (QED) is 0.836. The summed E-state index contributed by atoms with van der Waals surface area (Å²) in [5.74, 6) is 0.253. The molecule has 0 bridgehead atoms. The second-order valence-electron chi connectivity index (χ2n) is 6.99. The Bertz CT molecular complexity index is 740. The number of sulfonamides is 1. The van der Waals surface area contributed by atoms with Crippen molar-refractivity contribution in [2.45, 2.75) is 26.7 Å². The van der Waals surface area contributed by atoms with Gasteiger partial charge in [0.05, 0.1) is 44.2 Å². The van der Waals surface area contributed by atoms with Gasteiger partial charge in [-0.05, 0) is 50.5 Å². The third-order valence-corrected chi connectivity index (χ3v) is 7.17. The zero-order valence-corrected chi connectivity index (χ0v) is 15.9. The van der Waals surface area contributed by atoms with Gasteiger partial charge in [-0.3, -0.25) is 9.10 Å². The van der Waals surface area contributed by atoms with Crippen molar-refractivity contribution in [2.24, 2.45) is 0 Å². The number of quaternary nitrogens is 1. The molecule has 1 N–H and O–H groups in total. The van der Waals surface area contributed by atoms with Crippen LogP contribution in [0.4, 0.5) is 5.69 Å². The molecule has 2 aliphatic heterocycles. The molecule has 138 valence electrons. The molecular weight excluding hydrogens is 338 g/mol. The van der Waals surface area contributed by atoms with E-state index >= 15 is 0 Å². The predicted octanol–water partition coefficient (Wildman–Crippen LogP) is 0.286. The molecule has 0 unspecified atom stereocenters. The maximum Gasteiger partial charge on any atom is 0.254 e.